The zero-order valence-corrected chi connectivity index (χ0v) is 11.7. The molecule has 0 amide bonds. The van der Waals surface area contributed by atoms with Crippen LogP contribution in [0.15, 0.2) is 42.7 Å². The number of nitrogens with one attached hydrogen (secondary N) is 1. The number of aromatic nitrogens is 1. The van der Waals surface area contributed by atoms with E-state index in [1.54, 1.807) is 0 Å². The second-order valence-electron chi connectivity index (χ2n) is 4.46. The van der Waals surface area contributed by atoms with Crippen molar-refractivity contribution >= 4 is 0 Å². The van der Waals surface area contributed by atoms with Gasteiger partial charge in [-0.15, -0.1) is 0 Å². The van der Waals surface area contributed by atoms with Crippen LogP contribution in [0.4, 0.5) is 0 Å². The summed E-state index contributed by atoms with van der Waals surface area (Å²) >= 11 is 0. The molecule has 0 saturated carbocycles. The third-order valence-corrected chi connectivity index (χ3v) is 3.19. The Labute approximate surface area is 114 Å². The van der Waals surface area contributed by atoms with Crippen LogP contribution in [0.5, 0.6) is 5.75 Å². The summed E-state index contributed by atoms with van der Waals surface area (Å²) in [5.41, 5.74) is 3.66. The lowest BCUT2D eigenvalue weighted by Gasteiger charge is -2.19. The Morgan fingerprint density at radius 2 is 1.95 bits per heavy atom. The Balaban J connectivity index is 2.29. The smallest absolute Gasteiger partial charge is 0.119 e. The number of hydrogen-bond donors (Lipinski definition) is 1. The standard InChI is InChI=1S/C16H20N2O/c1-4-19-14-7-5-13(6-8-14)16(17-3)15-9-10-18-11-12(15)2/h5-11,16-17H,4H2,1-3H3. The molecule has 1 unspecified atom stereocenters. The molecule has 0 aliphatic rings. The van der Waals surface area contributed by atoms with Gasteiger partial charge in [-0.3, -0.25) is 4.98 Å². The van der Waals surface area contributed by atoms with E-state index in [1.165, 1.54) is 16.7 Å². The summed E-state index contributed by atoms with van der Waals surface area (Å²) in [4.78, 5) is 4.15. The van der Waals surface area contributed by atoms with Crippen LogP contribution < -0.4 is 10.1 Å². The maximum atomic E-state index is 5.47. The molecule has 0 aliphatic carbocycles. The van der Waals surface area contributed by atoms with Gasteiger partial charge in [-0.2, -0.15) is 0 Å². The van der Waals surface area contributed by atoms with Gasteiger partial charge in [0.15, 0.2) is 0 Å². The molecule has 100 valence electrons. The highest BCUT2D eigenvalue weighted by Gasteiger charge is 2.13. The Hall–Kier alpha value is -1.87. The molecule has 0 bridgehead atoms. The SMILES string of the molecule is CCOc1ccc(C(NC)c2ccncc2C)cc1. The van der Waals surface area contributed by atoms with Crippen molar-refractivity contribution in [2.24, 2.45) is 0 Å². The van der Waals surface area contributed by atoms with E-state index >= 15 is 0 Å². The predicted octanol–water partition coefficient (Wildman–Crippen LogP) is 3.10. The summed E-state index contributed by atoms with van der Waals surface area (Å²) in [6.45, 7) is 4.77. The summed E-state index contributed by atoms with van der Waals surface area (Å²) in [5.74, 6) is 0.910. The lowest BCUT2D eigenvalue weighted by molar-refractivity contribution is 0.340. The van der Waals surface area contributed by atoms with Gasteiger partial charge in [-0.05, 0) is 55.8 Å². The summed E-state index contributed by atoms with van der Waals surface area (Å²) in [6, 6.07) is 10.5. The molecule has 1 aromatic heterocycles. The molecule has 3 nitrogen and oxygen atoms in total. The van der Waals surface area contributed by atoms with Crippen molar-refractivity contribution in [3.8, 4) is 5.75 Å². The van der Waals surface area contributed by atoms with Gasteiger partial charge in [0.25, 0.3) is 0 Å². The van der Waals surface area contributed by atoms with Crippen molar-refractivity contribution in [1.82, 2.24) is 10.3 Å². The van der Waals surface area contributed by atoms with Crippen molar-refractivity contribution in [2.75, 3.05) is 13.7 Å². The van der Waals surface area contributed by atoms with Crippen LogP contribution >= 0.6 is 0 Å². The summed E-state index contributed by atoms with van der Waals surface area (Å²) < 4.78 is 5.47. The van der Waals surface area contributed by atoms with Crippen LogP contribution in [0.3, 0.4) is 0 Å². The minimum atomic E-state index is 0.179. The lowest BCUT2D eigenvalue weighted by atomic mass is 9.96. The highest BCUT2D eigenvalue weighted by atomic mass is 16.5. The van der Waals surface area contributed by atoms with E-state index in [1.807, 2.05) is 38.5 Å². The third-order valence-electron chi connectivity index (χ3n) is 3.19. The van der Waals surface area contributed by atoms with E-state index < -0.39 is 0 Å². The van der Waals surface area contributed by atoms with Gasteiger partial charge in [0.1, 0.15) is 5.75 Å². The number of rotatable bonds is 5. The lowest BCUT2D eigenvalue weighted by Crippen LogP contribution is -2.18. The quantitative estimate of drug-likeness (QED) is 0.892. The fourth-order valence-corrected chi connectivity index (χ4v) is 2.23. The summed E-state index contributed by atoms with van der Waals surface area (Å²) in [7, 11) is 1.97. The average molecular weight is 256 g/mol. The molecule has 1 aromatic carbocycles. The third kappa shape index (κ3) is 3.12. The number of benzene rings is 1. The second kappa shape index (κ2) is 6.34. The number of aryl methyl sites for hydroxylation is 1. The van der Waals surface area contributed by atoms with Crippen molar-refractivity contribution in [1.29, 1.82) is 0 Å². The van der Waals surface area contributed by atoms with Crippen molar-refractivity contribution in [3.63, 3.8) is 0 Å². The highest BCUT2D eigenvalue weighted by Crippen LogP contribution is 2.25. The minimum absolute atomic E-state index is 0.179. The van der Waals surface area contributed by atoms with Crippen LogP contribution in [0.2, 0.25) is 0 Å². The first kappa shape index (κ1) is 13.6. The van der Waals surface area contributed by atoms with Gasteiger partial charge in [-0.1, -0.05) is 12.1 Å². The van der Waals surface area contributed by atoms with Gasteiger partial charge in [0, 0.05) is 12.4 Å². The van der Waals surface area contributed by atoms with E-state index in [0.717, 1.165) is 5.75 Å². The first-order chi connectivity index (χ1) is 9.26. The molecule has 0 radical (unpaired) electrons. The van der Waals surface area contributed by atoms with E-state index in [2.05, 4.69) is 35.4 Å². The predicted molar refractivity (Wildman–Crippen MR) is 77.5 cm³/mol. The molecule has 0 aliphatic heterocycles. The molecule has 1 heterocycles. The fraction of sp³-hybridized carbons (Fsp3) is 0.312. The number of nitrogens with zero attached hydrogens (tertiary/aromatic N) is 1. The molecule has 0 saturated heterocycles. The van der Waals surface area contributed by atoms with Gasteiger partial charge in [0.2, 0.25) is 0 Å². The van der Waals surface area contributed by atoms with Crippen molar-refractivity contribution in [2.45, 2.75) is 19.9 Å². The zero-order valence-electron chi connectivity index (χ0n) is 11.7. The van der Waals surface area contributed by atoms with Gasteiger partial charge in [0.05, 0.1) is 12.6 Å². The fourth-order valence-electron chi connectivity index (χ4n) is 2.23. The Kier molecular flexibility index (Phi) is 4.53. The van der Waals surface area contributed by atoms with E-state index in [4.69, 9.17) is 4.74 Å². The molecular weight excluding hydrogens is 236 g/mol. The summed E-state index contributed by atoms with van der Waals surface area (Å²) in [6.07, 6.45) is 3.73. The van der Waals surface area contributed by atoms with Gasteiger partial charge in [-0.25, -0.2) is 0 Å². The molecule has 2 aromatic rings. The van der Waals surface area contributed by atoms with E-state index in [-0.39, 0.29) is 6.04 Å². The van der Waals surface area contributed by atoms with Crippen LogP contribution in [0.1, 0.15) is 29.7 Å². The molecule has 0 spiro atoms. The topological polar surface area (TPSA) is 34.1 Å². The maximum absolute atomic E-state index is 5.47. The second-order valence-corrected chi connectivity index (χ2v) is 4.46. The highest BCUT2D eigenvalue weighted by molar-refractivity contribution is 5.37. The number of ether oxygens (including phenoxy) is 1. The van der Waals surface area contributed by atoms with Gasteiger partial charge >= 0.3 is 0 Å². The monoisotopic (exact) mass is 256 g/mol. The Bertz CT molecular complexity index is 523. The maximum Gasteiger partial charge on any atom is 0.119 e. The average Bonchev–Trinajstić information content (AvgIpc) is 2.44. The van der Waals surface area contributed by atoms with Crippen LogP contribution in [0.25, 0.3) is 0 Å². The van der Waals surface area contributed by atoms with Crippen molar-refractivity contribution in [3.05, 3.63) is 59.4 Å². The van der Waals surface area contributed by atoms with Crippen molar-refractivity contribution < 1.29 is 4.74 Å². The zero-order chi connectivity index (χ0) is 13.7. The molecule has 1 N–H and O–H groups in total. The van der Waals surface area contributed by atoms with Crippen LogP contribution in [0, 0.1) is 6.92 Å². The normalized spacial score (nSPS) is 12.2. The van der Waals surface area contributed by atoms with Crippen LogP contribution in [-0.4, -0.2) is 18.6 Å². The van der Waals surface area contributed by atoms with E-state index in [0.29, 0.717) is 6.61 Å². The molecular formula is C16H20N2O. The first-order valence-corrected chi connectivity index (χ1v) is 6.56. The van der Waals surface area contributed by atoms with Crippen LogP contribution in [-0.2, 0) is 0 Å². The summed E-state index contributed by atoms with van der Waals surface area (Å²) in [5, 5.41) is 3.36. The minimum Gasteiger partial charge on any atom is -0.494 e. The number of hydrogen-bond acceptors (Lipinski definition) is 3. The Morgan fingerprint density at radius 1 is 1.21 bits per heavy atom. The largest absolute Gasteiger partial charge is 0.494 e. The molecule has 19 heavy (non-hydrogen) atoms. The Morgan fingerprint density at radius 3 is 2.53 bits per heavy atom. The molecule has 2 rings (SSSR count). The first-order valence-electron chi connectivity index (χ1n) is 6.56. The molecule has 0 fully saturated rings. The van der Waals surface area contributed by atoms with Gasteiger partial charge < -0.3 is 10.1 Å². The number of pyridine rings is 1. The van der Waals surface area contributed by atoms with E-state index in [9.17, 15) is 0 Å². The molecule has 1 atom stereocenters. The molecule has 3 heteroatoms.